The largest absolute Gasteiger partial charge is 0.468 e. The van der Waals surface area contributed by atoms with E-state index >= 15 is 0 Å². The van der Waals surface area contributed by atoms with Crippen LogP contribution in [0.15, 0.2) is 48.8 Å². The van der Waals surface area contributed by atoms with E-state index in [-0.39, 0.29) is 23.5 Å². The first-order valence-corrected chi connectivity index (χ1v) is 10.3. The molecule has 0 fully saturated rings. The molecule has 7 heteroatoms. The van der Waals surface area contributed by atoms with Gasteiger partial charge in [0.05, 0.1) is 22.5 Å². The summed E-state index contributed by atoms with van der Waals surface area (Å²) >= 11 is 0. The first kappa shape index (κ1) is 18.3. The molecule has 0 aliphatic heterocycles. The van der Waals surface area contributed by atoms with Crippen LogP contribution in [0, 0.1) is 0 Å². The van der Waals surface area contributed by atoms with E-state index in [0.29, 0.717) is 23.1 Å². The summed E-state index contributed by atoms with van der Waals surface area (Å²) in [5, 5.41) is 0. The number of pyridine rings is 1. The van der Waals surface area contributed by atoms with Crippen LogP contribution in [0.1, 0.15) is 37.6 Å². The molecular formula is C19H21N3O3S. The molecule has 136 valence electrons. The van der Waals surface area contributed by atoms with Crippen LogP contribution in [-0.4, -0.2) is 29.1 Å². The van der Waals surface area contributed by atoms with Crippen molar-refractivity contribution in [1.82, 2.24) is 15.0 Å². The quantitative estimate of drug-likeness (QED) is 0.632. The van der Waals surface area contributed by atoms with Crippen LogP contribution in [-0.2, 0) is 15.6 Å². The fraction of sp³-hybridized carbons (Fsp3) is 0.316. The lowest BCUT2D eigenvalue weighted by atomic mass is 10.2. The SMILES string of the molecule is CCCS(=O)(=O)Cc1nc2ccccc2nc1OC(C)c1cccnc1. The van der Waals surface area contributed by atoms with Gasteiger partial charge in [0.1, 0.15) is 11.8 Å². The van der Waals surface area contributed by atoms with Crippen LogP contribution >= 0.6 is 0 Å². The molecule has 0 bridgehead atoms. The van der Waals surface area contributed by atoms with Crippen LogP contribution in [0.2, 0.25) is 0 Å². The molecule has 0 amide bonds. The average Bonchev–Trinajstić information content (AvgIpc) is 2.62. The number of rotatable bonds is 7. The number of ether oxygens (including phenoxy) is 1. The van der Waals surface area contributed by atoms with Gasteiger partial charge in [-0.15, -0.1) is 0 Å². The Labute approximate surface area is 153 Å². The highest BCUT2D eigenvalue weighted by atomic mass is 32.2. The topological polar surface area (TPSA) is 82.0 Å². The van der Waals surface area contributed by atoms with Crippen LogP contribution in [0.25, 0.3) is 11.0 Å². The Hall–Kier alpha value is -2.54. The van der Waals surface area contributed by atoms with Gasteiger partial charge in [-0.25, -0.2) is 18.4 Å². The average molecular weight is 371 g/mol. The molecule has 0 saturated heterocycles. The monoisotopic (exact) mass is 371 g/mol. The zero-order valence-corrected chi connectivity index (χ0v) is 15.6. The third-order valence-electron chi connectivity index (χ3n) is 3.92. The smallest absolute Gasteiger partial charge is 0.237 e. The number of hydrogen-bond donors (Lipinski definition) is 0. The van der Waals surface area contributed by atoms with Crippen molar-refractivity contribution in [3.05, 3.63) is 60.0 Å². The Morgan fingerprint density at radius 3 is 2.46 bits per heavy atom. The summed E-state index contributed by atoms with van der Waals surface area (Å²) in [4.78, 5) is 13.1. The van der Waals surface area contributed by atoms with Gasteiger partial charge in [0.25, 0.3) is 0 Å². The van der Waals surface area contributed by atoms with Gasteiger partial charge >= 0.3 is 0 Å². The zero-order chi connectivity index (χ0) is 18.6. The molecular weight excluding hydrogens is 350 g/mol. The van der Waals surface area contributed by atoms with Crippen LogP contribution in [0.3, 0.4) is 0 Å². The van der Waals surface area contributed by atoms with Crippen molar-refractivity contribution in [2.75, 3.05) is 5.75 Å². The normalized spacial score (nSPS) is 12.8. The molecule has 2 heterocycles. The first-order valence-electron chi connectivity index (χ1n) is 8.51. The molecule has 2 aromatic heterocycles. The number of aromatic nitrogens is 3. The van der Waals surface area contributed by atoms with Gasteiger partial charge in [-0.1, -0.05) is 25.1 Å². The molecule has 0 saturated carbocycles. The maximum Gasteiger partial charge on any atom is 0.237 e. The van der Waals surface area contributed by atoms with E-state index in [1.807, 2.05) is 50.2 Å². The van der Waals surface area contributed by atoms with Crippen molar-refractivity contribution in [2.24, 2.45) is 0 Å². The second-order valence-corrected chi connectivity index (χ2v) is 8.29. The van der Waals surface area contributed by atoms with Crippen LogP contribution in [0.5, 0.6) is 5.88 Å². The second-order valence-electron chi connectivity index (χ2n) is 6.10. The summed E-state index contributed by atoms with van der Waals surface area (Å²) in [6.07, 6.45) is 3.64. The van der Waals surface area contributed by atoms with Gasteiger partial charge in [0.2, 0.25) is 5.88 Å². The molecule has 0 aliphatic carbocycles. The molecule has 26 heavy (non-hydrogen) atoms. The molecule has 1 atom stereocenters. The summed E-state index contributed by atoms with van der Waals surface area (Å²) in [5.74, 6) is 0.173. The van der Waals surface area contributed by atoms with E-state index in [4.69, 9.17) is 4.74 Å². The molecule has 1 unspecified atom stereocenters. The van der Waals surface area contributed by atoms with E-state index in [1.165, 1.54) is 0 Å². The lowest BCUT2D eigenvalue weighted by molar-refractivity contribution is 0.215. The van der Waals surface area contributed by atoms with E-state index < -0.39 is 9.84 Å². The van der Waals surface area contributed by atoms with Crippen molar-refractivity contribution in [3.8, 4) is 5.88 Å². The van der Waals surface area contributed by atoms with Crippen molar-refractivity contribution in [2.45, 2.75) is 32.1 Å². The highest BCUT2D eigenvalue weighted by molar-refractivity contribution is 7.90. The lowest BCUT2D eigenvalue weighted by Gasteiger charge is -2.17. The predicted molar refractivity (Wildman–Crippen MR) is 101 cm³/mol. The summed E-state index contributed by atoms with van der Waals surface area (Å²) in [5.41, 5.74) is 2.53. The Morgan fingerprint density at radius 2 is 1.81 bits per heavy atom. The van der Waals surface area contributed by atoms with Crippen molar-refractivity contribution in [1.29, 1.82) is 0 Å². The number of fused-ring (bicyclic) bond motifs is 1. The third-order valence-corrected chi connectivity index (χ3v) is 5.66. The maximum atomic E-state index is 12.3. The zero-order valence-electron chi connectivity index (χ0n) is 14.8. The molecule has 0 aliphatic rings. The van der Waals surface area contributed by atoms with E-state index in [9.17, 15) is 8.42 Å². The summed E-state index contributed by atoms with van der Waals surface area (Å²) in [6, 6.07) is 11.1. The standard InChI is InChI=1S/C19H21N3O3S/c1-3-11-26(23,24)13-18-19(22-17-9-5-4-8-16(17)21-18)25-14(2)15-7-6-10-20-12-15/h4-10,12,14H,3,11,13H2,1-2H3. The van der Waals surface area contributed by atoms with Gasteiger partial charge in [-0.3, -0.25) is 4.98 Å². The van der Waals surface area contributed by atoms with E-state index in [1.54, 1.807) is 12.4 Å². The van der Waals surface area contributed by atoms with Gasteiger partial charge in [-0.05, 0) is 31.5 Å². The van der Waals surface area contributed by atoms with Gasteiger partial charge < -0.3 is 4.74 Å². The van der Waals surface area contributed by atoms with Crippen molar-refractivity contribution < 1.29 is 13.2 Å². The Morgan fingerprint density at radius 1 is 1.08 bits per heavy atom. The highest BCUT2D eigenvalue weighted by Gasteiger charge is 2.20. The number of para-hydroxylation sites is 2. The van der Waals surface area contributed by atoms with E-state index in [0.717, 1.165) is 5.56 Å². The Bertz CT molecular complexity index is 991. The van der Waals surface area contributed by atoms with Crippen molar-refractivity contribution in [3.63, 3.8) is 0 Å². The van der Waals surface area contributed by atoms with Crippen LogP contribution in [0.4, 0.5) is 0 Å². The second kappa shape index (κ2) is 7.78. The minimum absolute atomic E-state index is 0.110. The summed E-state index contributed by atoms with van der Waals surface area (Å²) in [7, 11) is -3.27. The maximum absolute atomic E-state index is 12.3. The molecule has 3 rings (SSSR count). The number of hydrogen-bond acceptors (Lipinski definition) is 6. The van der Waals surface area contributed by atoms with Gasteiger partial charge in [0, 0.05) is 18.0 Å². The highest BCUT2D eigenvalue weighted by Crippen LogP contribution is 2.26. The fourth-order valence-corrected chi connectivity index (χ4v) is 4.02. The first-order chi connectivity index (χ1) is 12.5. The molecule has 0 spiro atoms. The fourth-order valence-electron chi connectivity index (χ4n) is 2.65. The minimum Gasteiger partial charge on any atom is -0.468 e. The molecule has 0 N–H and O–H groups in total. The Balaban J connectivity index is 1.99. The minimum atomic E-state index is -3.27. The summed E-state index contributed by atoms with van der Waals surface area (Å²) in [6.45, 7) is 3.71. The number of benzene rings is 1. The molecule has 6 nitrogen and oxygen atoms in total. The van der Waals surface area contributed by atoms with Gasteiger partial charge in [-0.2, -0.15) is 0 Å². The Kier molecular flexibility index (Phi) is 5.46. The lowest BCUT2D eigenvalue weighted by Crippen LogP contribution is -2.13. The number of nitrogens with zero attached hydrogens (tertiary/aromatic N) is 3. The van der Waals surface area contributed by atoms with E-state index in [2.05, 4.69) is 15.0 Å². The molecule has 0 radical (unpaired) electrons. The third kappa shape index (κ3) is 4.35. The van der Waals surface area contributed by atoms with Crippen molar-refractivity contribution >= 4 is 20.9 Å². The van der Waals surface area contributed by atoms with Gasteiger partial charge in [0.15, 0.2) is 9.84 Å². The van der Waals surface area contributed by atoms with Crippen LogP contribution < -0.4 is 4.74 Å². The summed E-state index contributed by atoms with van der Waals surface area (Å²) < 4.78 is 30.6. The number of sulfone groups is 1. The molecule has 1 aromatic carbocycles. The molecule has 3 aromatic rings. The predicted octanol–water partition coefficient (Wildman–Crippen LogP) is 3.49.